The highest BCUT2D eigenvalue weighted by atomic mass is 32.1. The molecule has 0 saturated heterocycles. The van der Waals surface area contributed by atoms with Crippen LogP contribution in [0.4, 0.5) is 0 Å². The zero-order valence-electron chi connectivity index (χ0n) is 30.2. The van der Waals surface area contributed by atoms with Crippen molar-refractivity contribution < 1.29 is 0 Å². The van der Waals surface area contributed by atoms with Crippen molar-refractivity contribution in [1.29, 1.82) is 0 Å². The van der Waals surface area contributed by atoms with Crippen LogP contribution in [0.5, 0.6) is 0 Å². The molecule has 0 amide bonds. The Hall–Kier alpha value is -3.16. The van der Waals surface area contributed by atoms with Gasteiger partial charge in [-0.2, -0.15) is 0 Å². The molecule has 8 rings (SSSR count). The second kappa shape index (κ2) is 15.8. The predicted molar refractivity (Wildman–Crippen MR) is 231 cm³/mol. The third kappa shape index (κ3) is 7.53. The molecule has 0 aliphatic rings. The number of rotatable bonds is 16. The van der Waals surface area contributed by atoms with Crippen LogP contribution in [0, 0.1) is 0 Å². The number of fused-ring (bicyclic) bond motifs is 5. The molecule has 0 saturated carbocycles. The molecule has 0 aliphatic carbocycles. The van der Waals surface area contributed by atoms with E-state index in [0.29, 0.717) is 5.92 Å². The minimum Gasteiger partial charge on any atom is -0.254 e. The first kappa shape index (κ1) is 34.9. The Labute approximate surface area is 318 Å². The molecule has 2 nitrogen and oxygen atoms in total. The first-order chi connectivity index (χ1) is 25.1. The van der Waals surface area contributed by atoms with Crippen LogP contribution in [0.2, 0.25) is 0 Å². The zero-order valence-corrected chi connectivity index (χ0v) is 33.5. The fourth-order valence-corrected chi connectivity index (χ4v) is 12.2. The predicted octanol–water partition coefficient (Wildman–Crippen LogP) is 16.2. The molecule has 1 unspecified atom stereocenters. The lowest BCUT2D eigenvalue weighted by molar-refractivity contribution is 0.571. The van der Waals surface area contributed by atoms with E-state index in [0.717, 1.165) is 11.0 Å². The van der Waals surface area contributed by atoms with Crippen molar-refractivity contribution in [2.24, 2.45) is 0 Å². The Morgan fingerprint density at radius 2 is 1.02 bits per heavy atom. The van der Waals surface area contributed by atoms with Crippen LogP contribution in [0.25, 0.3) is 72.3 Å². The minimum atomic E-state index is 0.631. The van der Waals surface area contributed by atoms with Crippen molar-refractivity contribution in [2.75, 3.05) is 0 Å². The number of aryl methyl sites for hydroxylation is 1. The van der Waals surface area contributed by atoms with Crippen molar-refractivity contribution in [3.8, 4) is 20.9 Å². The van der Waals surface area contributed by atoms with Crippen molar-refractivity contribution in [2.45, 2.75) is 110 Å². The van der Waals surface area contributed by atoms with Crippen LogP contribution in [-0.2, 0) is 6.42 Å². The molecular weight excluding hydrogens is 697 g/mol. The van der Waals surface area contributed by atoms with E-state index in [4.69, 9.17) is 9.97 Å². The lowest BCUT2D eigenvalue weighted by Gasteiger charge is -2.08. The number of benzene rings is 2. The lowest BCUT2D eigenvalue weighted by atomic mass is 10.0. The number of thiophene rings is 4. The number of nitrogens with zero attached hydrogens (tertiary/aromatic N) is 2. The summed E-state index contributed by atoms with van der Waals surface area (Å²) in [6.07, 6.45) is 21.3. The molecule has 0 spiro atoms. The SMILES string of the molecule is CCCCCCCCc1cc2cc3cc(-c4ccnc5c(-c6cc7cc8cc(C(C)CCCCCCC)sc8cc7s6)ccnc45)sc3cc2s1. The molecule has 6 heteroatoms. The molecule has 262 valence electrons. The van der Waals surface area contributed by atoms with Crippen molar-refractivity contribution in [3.63, 3.8) is 0 Å². The summed E-state index contributed by atoms with van der Waals surface area (Å²) in [6.45, 7) is 6.99. The number of aromatic nitrogens is 2. The molecule has 0 radical (unpaired) electrons. The van der Waals surface area contributed by atoms with Crippen molar-refractivity contribution in [3.05, 3.63) is 82.8 Å². The van der Waals surface area contributed by atoms with Crippen LogP contribution < -0.4 is 0 Å². The first-order valence-corrected chi connectivity index (χ1v) is 22.5. The van der Waals surface area contributed by atoms with E-state index >= 15 is 0 Å². The second-order valence-electron chi connectivity index (χ2n) is 14.5. The molecule has 0 aliphatic heterocycles. The van der Waals surface area contributed by atoms with Gasteiger partial charge in [0.05, 0.1) is 11.0 Å². The summed E-state index contributed by atoms with van der Waals surface area (Å²) in [5.41, 5.74) is 4.31. The number of hydrogen-bond acceptors (Lipinski definition) is 6. The third-order valence-corrected chi connectivity index (χ3v) is 15.3. The van der Waals surface area contributed by atoms with E-state index in [1.165, 1.54) is 154 Å². The monoisotopic (exact) mass is 744 g/mol. The van der Waals surface area contributed by atoms with E-state index in [-0.39, 0.29) is 0 Å². The van der Waals surface area contributed by atoms with E-state index < -0.39 is 0 Å². The third-order valence-electron chi connectivity index (χ3n) is 10.5. The second-order valence-corrected chi connectivity index (χ2v) is 18.9. The highest BCUT2D eigenvalue weighted by Gasteiger charge is 2.17. The van der Waals surface area contributed by atoms with Gasteiger partial charge in [0.25, 0.3) is 0 Å². The van der Waals surface area contributed by atoms with Crippen LogP contribution in [-0.4, -0.2) is 9.97 Å². The molecule has 1 atom stereocenters. The molecule has 6 heterocycles. The number of pyridine rings is 2. The fraction of sp³-hybridized carbons (Fsp3) is 0.378. The van der Waals surface area contributed by atoms with E-state index in [2.05, 4.69) is 81.4 Å². The first-order valence-electron chi connectivity index (χ1n) is 19.3. The average molecular weight is 745 g/mol. The van der Waals surface area contributed by atoms with Crippen LogP contribution >= 0.6 is 45.3 Å². The minimum absolute atomic E-state index is 0.631. The maximum absolute atomic E-state index is 4.93. The van der Waals surface area contributed by atoms with Gasteiger partial charge < -0.3 is 0 Å². The van der Waals surface area contributed by atoms with Gasteiger partial charge in [0.15, 0.2) is 0 Å². The Morgan fingerprint density at radius 1 is 0.510 bits per heavy atom. The van der Waals surface area contributed by atoms with E-state index in [9.17, 15) is 0 Å². The molecule has 0 bridgehead atoms. The van der Waals surface area contributed by atoms with Gasteiger partial charge in [-0.25, -0.2) is 0 Å². The highest BCUT2D eigenvalue weighted by Crippen LogP contribution is 2.44. The molecule has 0 N–H and O–H groups in total. The topological polar surface area (TPSA) is 25.8 Å². The van der Waals surface area contributed by atoms with Gasteiger partial charge in [-0.1, -0.05) is 85.0 Å². The summed E-state index contributed by atoms with van der Waals surface area (Å²) in [5, 5.41) is 5.40. The Bertz CT molecular complexity index is 2320. The molecule has 51 heavy (non-hydrogen) atoms. The van der Waals surface area contributed by atoms with Gasteiger partial charge in [0.1, 0.15) is 0 Å². The van der Waals surface area contributed by atoms with Crippen molar-refractivity contribution in [1.82, 2.24) is 9.97 Å². The summed E-state index contributed by atoms with van der Waals surface area (Å²) in [4.78, 5) is 15.4. The molecule has 0 fully saturated rings. The van der Waals surface area contributed by atoms with Gasteiger partial charge >= 0.3 is 0 Å². The van der Waals surface area contributed by atoms with Crippen molar-refractivity contribution >= 4 is 96.7 Å². The van der Waals surface area contributed by atoms with Gasteiger partial charge in [-0.15, -0.1) is 45.3 Å². The lowest BCUT2D eigenvalue weighted by Crippen LogP contribution is -1.90. The molecule has 2 aromatic carbocycles. The maximum Gasteiger partial charge on any atom is 0.0979 e. The number of unbranched alkanes of at least 4 members (excludes halogenated alkanes) is 9. The van der Waals surface area contributed by atoms with Gasteiger partial charge in [0.2, 0.25) is 0 Å². The summed E-state index contributed by atoms with van der Waals surface area (Å²) >= 11 is 7.73. The molecule has 8 aromatic rings. The fourth-order valence-electron chi connectivity index (χ4n) is 7.58. The van der Waals surface area contributed by atoms with E-state index in [1.807, 2.05) is 57.7 Å². The Morgan fingerprint density at radius 3 is 1.65 bits per heavy atom. The normalized spacial score (nSPS) is 12.8. The standard InChI is InChI=1S/C45H48N2S4/c1-4-6-8-10-12-14-16-34-23-30-21-32-25-42(50-40(32)27-38(30)48-34)35-17-19-47-45-36(18-20-46-44(35)45)43-26-33-22-31-24-37(49-39(31)28-41(33)51-43)29(3)15-13-11-9-7-5-2/h17-29H,4-16H2,1-3H3. The van der Waals surface area contributed by atoms with Gasteiger partial charge in [-0.05, 0) is 107 Å². The van der Waals surface area contributed by atoms with E-state index in [1.54, 1.807) is 0 Å². The summed E-state index contributed by atoms with van der Waals surface area (Å²) in [5.74, 6) is 0.631. The smallest absolute Gasteiger partial charge is 0.0979 e. The average Bonchev–Trinajstić information content (AvgIpc) is 3.94. The van der Waals surface area contributed by atoms with Crippen LogP contribution in [0.1, 0.15) is 113 Å². The Balaban J connectivity index is 1.03. The van der Waals surface area contributed by atoms with Gasteiger partial charge in [-0.3, -0.25) is 9.97 Å². The van der Waals surface area contributed by atoms with Crippen LogP contribution in [0.15, 0.2) is 73.1 Å². The summed E-state index contributed by atoms with van der Waals surface area (Å²) in [7, 11) is 0. The summed E-state index contributed by atoms with van der Waals surface area (Å²) < 4.78 is 5.51. The summed E-state index contributed by atoms with van der Waals surface area (Å²) in [6, 6.07) is 23.5. The van der Waals surface area contributed by atoms with Crippen LogP contribution in [0.3, 0.4) is 0 Å². The highest BCUT2D eigenvalue weighted by molar-refractivity contribution is 7.24. The zero-order chi connectivity index (χ0) is 34.7. The van der Waals surface area contributed by atoms with Gasteiger partial charge in [0, 0.05) is 61.8 Å². The quantitative estimate of drug-likeness (QED) is 0.0921. The molecular formula is C45H48N2S4. The largest absolute Gasteiger partial charge is 0.254 e. The molecule has 6 aromatic heterocycles. The maximum atomic E-state index is 4.93. The Kier molecular flexibility index (Phi) is 10.8. The number of hydrogen-bond donors (Lipinski definition) is 0.